The van der Waals surface area contributed by atoms with Crippen LogP contribution in [-0.4, -0.2) is 0 Å². The first-order chi connectivity index (χ1) is 8.15. The van der Waals surface area contributed by atoms with Crippen LogP contribution in [0.2, 0.25) is 5.02 Å². The molecule has 0 radical (unpaired) electrons. The first kappa shape index (κ1) is 12.4. The lowest BCUT2D eigenvalue weighted by Crippen LogP contribution is -2.01. The van der Waals surface area contributed by atoms with Gasteiger partial charge in [-0.25, -0.2) is 4.39 Å². The van der Waals surface area contributed by atoms with Crippen LogP contribution >= 0.6 is 27.5 Å². The summed E-state index contributed by atoms with van der Waals surface area (Å²) >= 11 is 9.17. The zero-order chi connectivity index (χ0) is 12.3. The highest BCUT2D eigenvalue weighted by Crippen LogP contribution is 2.20. The van der Waals surface area contributed by atoms with Gasteiger partial charge in [0.1, 0.15) is 5.82 Å². The van der Waals surface area contributed by atoms with Gasteiger partial charge in [0.2, 0.25) is 0 Å². The highest BCUT2D eigenvalue weighted by Gasteiger charge is 2.02. The Labute approximate surface area is 113 Å². The van der Waals surface area contributed by atoms with E-state index in [-0.39, 0.29) is 5.82 Å². The molecule has 0 saturated carbocycles. The Morgan fingerprint density at radius 1 is 1.12 bits per heavy atom. The number of anilines is 1. The molecule has 0 aliphatic carbocycles. The lowest BCUT2D eigenvalue weighted by atomic mass is 10.2. The first-order valence-corrected chi connectivity index (χ1v) is 6.25. The molecule has 0 unspecified atom stereocenters. The molecule has 1 N–H and O–H groups in total. The predicted octanol–water partition coefficient (Wildman–Crippen LogP) is 4.85. The minimum atomic E-state index is -0.300. The van der Waals surface area contributed by atoms with Gasteiger partial charge in [-0.3, -0.25) is 0 Å². The van der Waals surface area contributed by atoms with E-state index in [4.69, 9.17) is 11.6 Å². The maximum atomic E-state index is 13.4. The van der Waals surface area contributed by atoms with Crippen LogP contribution in [0.3, 0.4) is 0 Å². The van der Waals surface area contributed by atoms with Crippen molar-refractivity contribution < 1.29 is 4.39 Å². The Bertz CT molecular complexity index is 513. The van der Waals surface area contributed by atoms with E-state index in [1.165, 1.54) is 12.1 Å². The fourth-order valence-corrected chi connectivity index (χ4v) is 1.87. The summed E-state index contributed by atoms with van der Waals surface area (Å²) < 4.78 is 14.4. The molecule has 2 aromatic rings. The standard InChI is InChI=1S/C13H10BrClFN/c14-10-3-1-9(2-4-10)8-17-13-7-11(15)5-6-12(13)16/h1-7,17H,8H2. The van der Waals surface area contributed by atoms with Crippen molar-refractivity contribution in [2.75, 3.05) is 5.32 Å². The molecule has 2 rings (SSSR count). The minimum Gasteiger partial charge on any atom is -0.379 e. The van der Waals surface area contributed by atoms with E-state index in [1.807, 2.05) is 24.3 Å². The van der Waals surface area contributed by atoms with Gasteiger partial charge in [0.25, 0.3) is 0 Å². The summed E-state index contributed by atoms with van der Waals surface area (Å²) in [7, 11) is 0. The summed E-state index contributed by atoms with van der Waals surface area (Å²) in [6.45, 7) is 0.560. The molecule has 0 heterocycles. The second kappa shape index (κ2) is 5.52. The summed E-state index contributed by atoms with van der Waals surface area (Å²) in [5, 5.41) is 3.53. The largest absolute Gasteiger partial charge is 0.379 e. The Morgan fingerprint density at radius 3 is 2.53 bits per heavy atom. The summed E-state index contributed by atoms with van der Waals surface area (Å²) in [5.41, 5.74) is 1.49. The van der Waals surface area contributed by atoms with E-state index in [9.17, 15) is 4.39 Å². The van der Waals surface area contributed by atoms with Gasteiger partial charge >= 0.3 is 0 Å². The van der Waals surface area contributed by atoms with Crippen molar-refractivity contribution >= 4 is 33.2 Å². The minimum absolute atomic E-state index is 0.300. The molecule has 1 nitrogen and oxygen atoms in total. The van der Waals surface area contributed by atoms with Crippen LogP contribution in [0.1, 0.15) is 5.56 Å². The summed E-state index contributed by atoms with van der Waals surface area (Å²) in [6, 6.07) is 12.3. The zero-order valence-corrected chi connectivity index (χ0v) is 11.2. The van der Waals surface area contributed by atoms with E-state index in [1.54, 1.807) is 6.07 Å². The van der Waals surface area contributed by atoms with Crippen LogP contribution in [0.25, 0.3) is 0 Å². The van der Waals surface area contributed by atoms with Crippen molar-refractivity contribution in [2.24, 2.45) is 0 Å². The Hall–Kier alpha value is -1.06. The number of benzene rings is 2. The molecule has 17 heavy (non-hydrogen) atoms. The molecule has 0 amide bonds. The molecule has 0 saturated heterocycles. The molecule has 4 heteroatoms. The van der Waals surface area contributed by atoms with Gasteiger partial charge in [0, 0.05) is 16.0 Å². The molecule has 0 aliphatic heterocycles. The molecule has 88 valence electrons. The van der Waals surface area contributed by atoms with Crippen molar-refractivity contribution in [3.63, 3.8) is 0 Å². The van der Waals surface area contributed by atoms with Gasteiger partial charge in [-0.2, -0.15) is 0 Å². The van der Waals surface area contributed by atoms with Crippen molar-refractivity contribution in [3.05, 3.63) is 63.3 Å². The SMILES string of the molecule is Fc1ccc(Cl)cc1NCc1ccc(Br)cc1. The van der Waals surface area contributed by atoms with Gasteiger partial charge in [0.05, 0.1) is 5.69 Å². The van der Waals surface area contributed by atoms with E-state index in [2.05, 4.69) is 21.2 Å². The molecule has 0 aliphatic rings. The van der Waals surface area contributed by atoms with Crippen LogP contribution in [0.4, 0.5) is 10.1 Å². The van der Waals surface area contributed by atoms with Crippen LogP contribution in [0.5, 0.6) is 0 Å². The average molecular weight is 315 g/mol. The number of rotatable bonds is 3. The molecule has 2 aromatic carbocycles. The molecule has 0 atom stereocenters. The fourth-order valence-electron chi connectivity index (χ4n) is 1.43. The van der Waals surface area contributed by atoms with Gasteiger partial charge in [-0.1, -0.05) is 39.7 Å². The maximum absolute atomic E-state index is 13.4. The molecule has 0 aromatic heterocycles. The van der Waals surface area contributed by atoms with Crippen molar-refractivity contribution in [3.8, 4) is 0 Å². The number of hydrogen-bond acceptors (Lipinski definition) is 1. The van der Waals surface area contributed by atoms with E-state index in [0.29, 0.717) is 17.3 Å². The van der Waals surface area contributed by atoms with Crippen molar-refractivity contribution in [1.82, 2.24) is 0 Å². The third-order valence-electron chi connectivity index (χ3n) is 2.32. The highest BCUT2D eigenvalue weighted by atomic mass is 79.9. The Morgan fingerprint density at radius 2 is 1.82 bits per heavy atom. The van der Waals surface area contributed by atoms with Gasteiger partial charge in [0.15, 0.2) is 0 Å². The third kappa shape index (κ3) is 3.45. The number of halogens is 3. The van der Waals surface area contributed by atoms with Crippen molar-refractivity contribution in [2.45, 2.75) is 6.54 Å². The third-order valence-corrected chi connectivity index (χ3v) is 3.09. The Kier molecular flexibility index (Phi) is 4.02. The first-order valence-electron chi connectivity index (χ1n) is 5.08. The van der Waals surface area contributed by atoms with Crippen LogP contribution in [0.15, 0.2) is 46.9 Å². The van der Waals surface area contributed by atoms with Crippen LogP contribution in [0, 0.1) is 5.82 Å². The van der Waals surface area contributed by atoms with Crippen LogP contribution < -0.4 is 5.32 Å². The Balaban J connectivity index is 2.07. The topological polar surface area (TPSA) is 12.0 Å². The fraction of sp³-hybridized carbons (Fsp3) is 0.0769. The van der Waals surface area contributed by atoms with E-state index in [0.717, 1.165) is 10.0 Å². The van der Waals surface area contributed by atoms with Gasteiger partial charge in [-0.05, 0) is 35.9 Å². The average Bonchev–Trinajstić information content (AvgIpc) is 2.32. The van der Waals surface area contributed by atoms with Gasteiger partial charge in [-0.15, -0.1) is 0 Å². The molecule has 0 bridgehead atoms. The second-order valence-corrected chi connectivity index (χ2v) is 4.96. The highest BCUT2D eigenvalue weighted by molar-refractivity contribution is 9.10. The van der Waals surface area contributed by atoms with Crippen LogP contribution in [-0.2, 0) is 6.54 Å². The monoisotopic (exact) mass is 313 g/mol. The quantitative estimate of drug-likeness (QED) is 0.853. The predicted molar refractivity (Wildman–Crippen MR) is 72.9 cm³/mol. The van der Waals surface area contributed by atoms with Gasteiger partial charge < -0.3 is 5.32 Å². The lowest BCUT2D eigenvalue weighted by Gasteiger charge is -2.08. The van der Waals surface area contributed by atoms with E-state index < -0.39 is 0 Å². The van der Waals surface area contributed by atoms with E-state index >= 15 is 0 Å². The molecule has 0 spiro atoms. The lowest BCUT2D eigenvalue weighted by molar-refractivity contribution is 0.630. The summed E-state index contributed by atoms with van der Waals surface area (Å²) in [4.78, 5) is 0. The smallest absolute Gasteiger partial charge is 0.146 e. The molecular weight excluding hydrogens is 305 g/mol. The van der Waals surface area contributed by atoms with Crippen molar-refractivity contribution in [1.29, 1.82) is 0 Å². The second-order valence-electron chi connectivity index (χ2n) is 3.60. The summed E-state index contributed by atoms with van der Waals surface area (Å²) in [5.74, 6) is -0.300. The number of nitrogens with one attached hydrogen (secondary N) is 1. The molecule has 0 fully saturated rings. The number of hydrogen-bond donors (Lipinski definition) is 1. The summed E-state index contributed by atoms with van der Waals surface area (Å²) in [6.07, 6.45) is 0. The zero-order valence-electron chi connectivity index (χ0n) is 8.88. The molecular formula is C13H10BrClFN. The normalized spacial score (nSPS) is 10.3. The maximum Gasteiger partial charge on any atom is 0.146 e.